The van der Waals surface area contributed by atoms with Crippen molar-refractivity contribution in [3.63, 3.8) is 0 Å². The van der Waals surface area contributed by atoms with Gasteiger partial charge in [0.25, 0.3) is 5.82 Å². The molecule has 0 aliphatic rings. The number of alkyl halides is 3. The van der Waals surface area contributed by atoms with Crippen LogP contribution in [0.5, 0.6) is 17.2 Å². The van der Waals surface area contributed by atoms with Crippen LogP contribution < -0.4 is 14.8 Å². The number of nitrogens with zero attached hydrogens (tertiary/aromatic N) is 4. The molecular formula is C19H13F4N5O2. The van der Waals surface area contributed by atoms with E-state index in [-0.39, 0.29) is 22.9 Å². The largest absolute Gasteiger partial charge is 0.493 e. The lowest BCUT2D eigenvalue weighted by Crippen LogP contribution is -2.13. The summed E-state index contributed by atoms with van der Waals surface area (Å²) in [5.41, 5.74) is 0.188. The minimum Gasteiger partial charge on any atom is -0.493 e. The highest BCUT2D eigenvalue weighted by molar-refractivity contribution is 5.59. The molecule has 0 radical (unpaired) electrons. The molecule has 154 valence electrons. The number of fused-ring (bicyclic) bond motifs is 1. The molecule has 11 heteroatoms. The second-order valence-electron chi connectivity index (χ2n) is 6.03. The van der Waals surface area contributed by atoms with Gasteiger partial charge >= 0.3 is 6.18 Å². The molecule has 0 spiro atoms. The van der Waals surface area contributed by atoms with Crippen molar-refractivity contribution in [1.82, 2.24) is 19.8 Å². The van der Waals surface area contributed by atoms with Crippen LogP contribution in [0, 0.1) is 5.82 Å². The minimum absolute atomic E-state index is 0.0468. The van der Waals surface area contributed by atoms with Crippen LogP contribution in [0.25, 0.3) is 5.65 Å². The third kappa shape index (κ3) is 3.81. The molecule has 30 heavy (non-hydrogen) atoms. The second-order valence-corrected chi connectivity index (χ2v) is 6.03. The molecule has 4 aromatic rings. The predicted octanol–water partition coefficient (Wildman–Crippen LogP) is 4.83. The fourth-order valence-corrected chi connectivity index (χ4v) is 2.66. The normalized spacial score (nSPS) is 11.5. The molecule has 2 aromatic carbocycles. The van der Waals surface area contributed by atoms with E-state index in [1.807, 2.05) is 0 Å². The Morgan fingerprint density at radius 2 is 1.70 bits per heavy atom. The fraction of sp³-hybridized carbons (Fsp3) is 0.105. The lowest BCUT2D eigenvalue weighted by atomic mass is 10.2. The summed E-state index contributed by atoms with van der Waals surface area (Å²) in [6, 6.07) is 13.5. The number of aromatic nitrogens is 4. The Labute approximate surface area is 166 Å². The Balaban J connectivity index is 1.58. The van der Waals surface area contributed by atoms with Crippen LogP contribution in [-0.2, 0) is 6.18 Å². The van der Waals surface area contributed by atoms with Crippen LogP contribution >= 0.6 is 0 Å². The van der Waals surface area contributed by atoms with Gasteiger partial charge in [-0.3, -0.25) is 0 Å². The summed E-state index contributed by atoms with van der Waals surface area (Å²) in [7, 11) is 1.47. The quantitative estimate of drug-likeness (QED) is 0.468. The summed E-state index contributed by atoms with van der Waals surface area (Å²) >= 11 is 0. The van der Waals surface area contributed by atoms with E-state index in [1.165, 1.54) is 31.4 Å². The lowest BCUT2D eigenvalue weighted by Gasteiger charge is -2.12. The SMILES string of the molecule is COc1ccccc1Oc1ccc(Nc2ccc3nnc(C(F)(F)F)n3n2)cc1F. The van der Waals surface area contributed by atoms with E-state index in [0.29, 0.717) is 16.0 Å². The van der Waals surface area contributed by atoms with Gasteiger partial charge in [-0.05, 0) is 36.4 Å². The van der Waals surface area contributed by atoms with Gasteiger partial charge in [-0.15, -0.1) is 15.3 Å². The van der Waals surface area contributed by atoms with Crippen molar-refractivity contribution in [1.29, 1.82) is 0 Å². The van der Waals surface area contributed by atoms with E-state index >= 15 is 0 Å². The minimum atomic E-state index is -4.71. The van der Waals surface area contributed by atoms with Crippen molar-refractivity contribution in [3.05, 3.63) is 66.2 Å². The van der Waals surface area contributed by atoms with Gasteiger partial charge < -0.3 is 14.8 Å². The number of anilines is 2. The Hall–Kier alpha value is -3.89. The summed E-state index contributed by atoms with van der Waals surface area (Å²) in [4.78, 5) is 0. The van der Waals surface area contributed by atoms with Crippen molar-refractivity contribution >= 4 is 17.2 Å². The van der Waals surface area contributed by atoms with Crippen molar-refractivity contribution in [3.8, 4) is 17.2 Å². The fourth-order valence-electron chi connectivity index (χ4n) is 2.66. The molecule has 7 nitrogen and oxygen atoms in total. The third-order valence-electron chi connectivity index (χ3n) is 4.01. The van der Waals surface area contributed by atoms with Gasteiger partial charge in [-0.25, -0.2) is 4.39 Å². The van der Waals surface area contributed by atoms with Crippen LogP contribution in [0.15, 0.2) is 54.6 Å². The monoisotopic (exact) mass is 419 g/mol. The van der Waals surface area contributed by atoms with Gasteiger partial charge in [0.1, 0.15) is 0 Å². The van der Waals surface area contributed by atoms with Crippen molar-refractivity contribution in [2.45, 2.75) is 6.18 Å². The van der Waals surface area contributed by atoms with Gasteiger partial charge in [0.2, 0.25) is 0 Å². The van der Waals surface area contributed by atoms with Crippen LogP contribution in [0.1, 0.15) is 5.82 Å². The zero-order valence-electron chi connectivity index (χ0n) is 15.3. The maximum Gasteiger partial charge on any atom is 0.453 e. The summed E-state index contributed by atoms with van der Waals surface area (Å²) in [5.74, 6) is -1.18. The number of para-hydroxylation sites is 2. The smallest absolute Gasteiger partial charge is 0.453 e. The number of nitrogens with one attached hydrogen (secondary N) is 1. The zero-order chi connectivity index (χ0) is 21.3. The maximum atomic E-state index is 14.5. The summed E-state index contributed by atoms with van der Waals surface area (Å²) in [6.07, 6.45) is -4.71. The summed E-state index contributed by atoms with van der Waals surface area (Å²) in [6.45, 7) is 0. The van der Waals surface area contributed by atoms with Crippen molar-refractivity contribution < 1.29 is 27.0 Å². The molecular weight excluding hydrogens is 406 g/mol. The van der Waals surface area contributed by atoms with Crippen molar-refractivity contribution in [2.75, 3.05) is 12.4 Å². The van der Waals surface area contributed by atoms with Gasteiger partial charge in [0.05, 0.1) is 7.11 Å². The molecule has 1 N–H and O–H groups in total. The molecule has 0 saturated heterocycles. The van der Waals surface area contributed by atoms with Crippen LogP contribution in [0.3, 0.4) is 0 Å². The predicted molar refractivity (Wildman–Crippen MR) is 98.5 cm³/mol. The van der Waals surface area contributed by atoms with E-state index in [1.54, 1.807) is 24.3 Å². The van der Waals surface area contributed by atoms with Gasteiger partial charge in [-0.2, -0.15) is 17.7 Å². The lowest BCUT2D eigenvalue weighted by molar-refractivity contribution is -0.146. The molecule has 0 bridgehead atoms. The van der Waals surface area contributed by atoms with E-state index < -0.39 is 17.8 Å². The number of hydrogen-bond acceptors (Lipinski definition) is 6. The Bertz CT molecular complexity index is 1210. The van der Waals surface area contributed by atoms with E-state index in [4.69, 9.17) is 9.47 Å². The van der Waals surface area contributed by atoms with Crippen LogP contribution in [0.4, 0.5) is 29.1 Å². The van der Waals surface area contributed by atoms with Crippen LogP contribution in [-0.4, -0.2) is 26.9 Å². The maximum absolute atomic E-state index is 14.5. The topological polar surface area (TPSA) is 73.6 Å². The van der Waals surface area contributed by atoms with Gasteiger partial charge in [-0.1, -0.05) is 12.1 Å². The molecule has 0 atom stereocenters. The molecule has 0 aliphatic carbocycles. The summed E-state index contributed by atoms with van der Waals surface area (Å²) < 4.78 is 64.7. The molecule has 4 rings (SSSR count). The van der Waals surface area contributed by atoms with E-state index in [9.17, 15) is 17.6 Å². The molecule has 0 aliphatic heterocycles. The third-order valence-corrected chi connectivity index (χ3v) is 4.01. The van der Waals surface area contributed by atoms with Crippen LogP contribution in [0.2, 0.25) is 0 Å². The van der Waals surface area contributed by atoms with Gasteiger partial charge in [0.15, 0.2) is 34.5 Å². The molecule has 0 amide bonds. The number of hydrogen-bond donors (Lipinski definition) is 1. The first-order valence-corrected chi connectivity index (χ1v) is 8.52. The molecule has 0 unspecified atom stereocenters. The Morgan fingerprint density at radius 1 is 0.933 bits per heavy atom. The van der Waals surface area contributed by atoms with E-state index in [0.717, 1.165) is 6.07 Å². The number of ether oxygens (including phenoxy) is 2. The number of halogens is 4. The highest BCUT2D eigenvalue weighted by Gasteiger charge is 2.37. The Kier molecular flexibility index (Phi) is 4.86. The first-order chi connectivity index (χ1) is 14.3. The zero-order valence-corrected chi connectivity index (χ0v) is 15.3. The average molecular weight is 419 g/mol. The molecule has 2 aromatic heterocycles. The molecule has 0 fully saturated rings. The number of rotatable bonds is 5. The highest BCUT2D eigenvalue weighted by Crippen LogP contribution is 2.33. The average Bonchev–Trinajstić information content (AvgIpc) is 3.14. The number of methoxy groups -OCH3 is 1. The standard InChI is InChI=1S/C19H13F4N5O2/c1-29-14-4-2-3-5-15(14)30-13-7-6-11(10-12(13)20)24-16-8-9-17-25-26-18(19(21,22)23)28(17)27-16/h2-10H,1H3,(H,24,27). The highest BCUT2D eigenvalue weighted by atomic mass is 19.4. The second kappa shape index (κ2) is 7.50. The van der Waals surface area contributed by atoms with Crippen molar-refractivity contribution in [2.24, 2.45) is 0 Å². The summed E-state index contributed by atoms with van der Waals surface area (Å²) in [5, 5.41) is 13.1. The molecule has 2 heterocycles. The first kappa shape index (κ1) is 19.4. The number of benzene rings is 2. The van der Waals surface area contributed by atoms with E-state index in [2.05, 4.69) is 20.6 Å². The Morgan fingerprint density at radius 3 is 2.40 bits per heavy atom. The molecule has 0 saturated carbocycles. The van der Waals surface area contributed by atoms with Gasteiger partial charge in [0, 0.05) is 11.8 Å². The first-order valence-electron chi connectivity index (χ1n) is 8.52.